The first-order valence-corrected chi connectivity index (χ1v) is 7.83. The van der Waals surface area contributed by atoms with Crippen LogP contribution in [0.5, 0.6) is 0 Å². The Morgan fingerprint density at radius 3 is 3.05 bits per heavy atom. The van der Waals surface area contributed by atoms with Crippen LogP contribution in [0.4, 0.5) is 0 Å². The number of fused-ring (bicyclic) bond motifs is 1. The van der Waals surface area contributed by atoms with Crippen molar-refractivity contribution in [1.82, 2.24) is 5.32 Å². The standard InChI is InChI=1S/C14H20N2O2S/c1-19-7-6-11(15)14(18)16-13-10-5-3-2-4-9(10)8-12(13)17/h2-5,11-13,17H,6-8,15H2,1H3,(H,16,18)/t11-,12-,13+/m1/s1. The Morgan fingerprint density at radius 2 is 2.32 bits per heavy atom. The molecule has 0 fully saturated rings. The van der Waals surface area contributed by atoms with Gasteiger partial charge in [-0.1, -0.05) is 24.3 Å². The molecule has 0 aromatic heterocycles. The summed E-state index contributed by atoms with van der Waals surface area (Å²) in [4.78, 5) is 12.0. The average molecular weight is 280 g/mol. The molecule has 0 saturated heterocycles. The number of thioether (sulfide) groups is 1. The lowest BCUT2D eigenvalue weighted by Crippen LogP contribution is -2.44. The highest BCUT2D eigenvalue weighted by Crippen LogP contribution is 2.31. The quantitative estimate of drug-likeness (QED) is 0.747. The highest BCUT2D eigenvalue weighted by molar-refractivity contribution is 7.98. The normalized spacial score (nSPS) is 22.9. The fraction of sp³-hybridized carbons (Fsp3) is 0.500. The molecule has 1 aromatic carbocycles. The molecule has 0 radical (unpaired) electrons. The van der Waals surface area contributed by atoms with Gasteiger partial charge in [0.2, 0.25) is 5.91 Å². The van der Waals surface area contributed by atoms with Crippen molar-refractivity contribution in [1.29, 1.82) is 0 Å². The lowest BCUT2D eigenvalue weighted by atomic mass is 10.1. The van der Waals surface area contributed by atoms with Crippen molar-refractivity contribution in [3.05, 3.63) is 35.4 Å². The number of hydrogen-bond donors (Lipinski definition) is 3. The Hall–Kier alpha value is -1.04. The predicted molar refractivity (Wildman–Crippen MR) is 78.0 cm³/mol. The van der Waals surface area contributed by atoms with Crippen molar-refractivity contribution < 1.29 is 9.90 Å². The van der Waals surface area contributed by atoms with Gasteiger partial charge in [-0.2, -0.15) is 11.8 Å². The molecule has 1 amide bonds. The Bertz CT molecular complexity index is 453. The summed E-state index contributed by atoms with van der Waals surface area (Å²) < 4.78 is 0. The van der Waals surface area contributed by atoms with E-state index in [4.69, 9.17) is 5.73 Å². The number of amides is 1. The van der Waals surface area contributed by atoms with E-state index in [0.29, 0.717) is 12.8 Å². The van der Waals surface area contributed by atoms with E-state index >= 15 is 0 Å². The van der Waals surface area contributed by atoms with Gasteiger partial charge in [-0.3, -0.25) is 4.79 Å². The Morgan fingerprint density at radius 1 is 1.58 bits per heavy atom. The maximum Gasteiger partial charge on any atom is 0.237 e. The molecule has 2 rings (SSSR count). The first-order chi connectivity index (χ1) is 9.13. The summed E-state index contributed by atoms with van der Waals surface area (Å²) in [5, 5.41) is 12.9. The zero-order valence-electron chi connectivity index (χ0n) is 11.0. The molecule has 0 saturated carbocycles. The van der Waals surface area contributed by atoms with Gasteiger partial charge in [0.25, 0.3) is 0 Å². The maximum absolute atomic E-state index is 12.0. The lowest BCUT2D eigenvalue weighted by Gasteiger charge is -2.20. The molecule has 5 heteroatoms. The largest absolute Gasteiger partial charge is 0.390 e. The molecule has 0 spiro atoms. The minimum atomic E-state index is -0.561. The molecule has 19 heavy (non-hydrogen) atoms. The summed E-state index contributed by atoms with van der Waals surface area (Å²) in [6, 6.07) is 6.96. The van der Waals surface area contributed by atoms with Crippen LogP contribution in [0, 0.1) is 0 Å². The molecule has 104 valence electrons. The summed E-state index contributed by atoms with van der Waals surface area (Å²) in [7, 11) is 0. The minimum Gasteiger partial charge on any atom is -0.390 e. The number of nitrogens with two attached hydrogens (primary N) is 1. The molecular formula is C14H20N2O2S. The molecule has 1 aliphatic rings. The summed E-state index contributed by atoms with van der Waals surface area (Å²) in [6.07, 6.45) is 2.66. The van der Waals surface area contributed by atoms with Crippen molar-refractivity contribution in [2.45, 2.75) is 31.0 Å². The van der Waals surface area contributed by atoms with Gasteiger partial charge in [0.05, 0.1) is 18.2 Å². The zero-order valence-corrected chi connectivity index (χ0v) is 11.8. The third kappa shape index (κ3) is 3.29. The van der Waals surface area contributed by atoms with Gasteiger partial charge in [0, 0.05) is 6.42 Å². The second-order valence-corrected chi connectivity index (χ2v) is 5.83. The fourth-order valence-electron chi connectivity index (χ4n) is 2.38. The van der Waals surface area contributed by atoms with E-state index in [2.05, 4.69) is 5.32 Å². The number of rotatable bonds is 5. The lowest BCUT2D eigenvalue weighted by molar-refractivity contribution is -0.123. The molecule has 0 aliphatic heterocycles. The fourth-order valence-corrected chi connectivity index (χ4v) is 2.87. The summed E-state index contributed by atoms with van der Waals surface area (Å²) in [5.74, 6) is 0.674. The maximum atomic E-state index is 12.0. The number of carbonyl (C=O) groups excluding carboxylic acids is 1. The molecular weight excluding hydrogens is 260 g/mol. The highest BCUT2D eigenvalue weighted by atomic mass is 32.2. The van der Waals surface area contributed by atoms with Crippen LogP contribution in [0.2, 0.25) is 0 Å². The summed E-state index contributed by atoms with van der Waals surface area (Å²) in [6.45, 7) is 0. The van der Waals surface area contributed by atoms with Crippen LogP contribution >= 0.6 is 11.8 Å². The van der Waals surface area contributed by atoms with Crippen LogP contribution in [0.15, 0.2) is 24.3 Å². The Labute approximate surface area is 117 Å². The van der Waals surface area contributed by atoms with E-state index in [1.165, 1.54) is 0 Å². The third-order valence-electron chi connectivity index (χ3n) is 3.47. The van der Waals surface area contributed by atoms with Crippen molar-refractivity contribution in [3.8, 4) is 0 Å². The number of nitrogens with one attached hydrogen (secondary N) is 1. The van der Waals surface area contributed by atoms with E-state index in [1.54, 1.807) is 11.8 Å². The molecule has 0 unspecified atom stereocenters. The van der Waals surface area contributed by atoms with Gasteiger partial charge in [0.1, 0.15) is 0 Å². The van der Waals surface area contributed by atoms with E-state index in [9.17, 15) is 9.90 Å². The van der Waals surface area contributed by atoms with E-state index < -0.39 is 12.1 Å². The molecule has 3 atom stereocenters. The molecule has 1 aromatic rings. The van der Waals surface area contributed by atoms with Gasteiger partial charge >= 0.3 is 0 Å². The minimum absolute atomic E-state index is 0.185. The van der Waals surface area contributed by atoms with Crippen LogP contribution in [0.1, 0.15) is 23.6 Å². The van der Waals surface area contributed by atoms with Crippen LogP contribution in [0.3, 0.4) is 0 Å². The van der Waals surface area contributed by atoms with Crippen molar-refractivity contribution >= 4 is 17.7 Å². The monoisotopic (exact) mass is 280 g/mol. The zero-order chi connectivity index (χ0) is 13.8. The predicted octanol–water partition coefficient (Wildman–Crippen LogP) is 0.841. The number of carbonyl (C=O) groups is 1. The van der Waals surface area contributed by atoms with Crippen molar-refractivity contribution in [2.75, 3.05) is 12.0 Å². The second kappa shape index (κ2) is 6.41. The third-order valence-corrected chi connectivity index (χ3v) is 4.12. The van der Waals surface area contributed by atoms with E-state index in [0.717, 1.165) is 16.9 Å². The van der Waals surface area contributed by atoms with Gasteiger partial charge < -0.3 is 16.2 Å². The number of benzene rings is 1. The smallest absolute Gasteiger partial charge is 0.237 e. The first kappa shape index (κ1) is 14.4. The van der Waals surface area contributed by atoms with Crippen LogP contribution < -0.4 is 11.1 Å². The number of hydrogen-bond acceptors (Lipinski definition) is 4. The van der Waals surface area contributed by atoms with Gasteiger partial charge in [-0.15, -0.1) is 0 Å². The van der Waals surface area contributed by atoms with Gasteiger partial charge in [0.15, 0.2) is 0 Å². The molecule has 4 nitrogen and oxygen atoms in total. The Kier molecular flexibility index (Phi) is 4.85. The summed E-state index contributed by atoms with van der Waals surface area (Å²) >= 11 is 1.67. The average Bonchev–Trinajstić information content (AvgIpc) is 2.72. The van der Waals surface area contributed by atoms with Gasteiger partial charge in [-0.25, -0.2) is 0 Å². The van der Waals surface area contributed by atoms with Crippen LogP contribution in [-0.4, -0.2) is 35.2 Å². The van der Waals surface area contributed by atoms with E-state index in [-0.39, 0.29) is 11.9 Å². The number of aliphatic hydroxyl groups is 1. The van der Waals surface area contributed by atoms with Crippen LogP contribution in [0.25, 0.3) is 0 Å². The van der Waals surface area contributed by atoms with Gasteiger partial charge in [-0.05, 0) is 29.6 Å². The summed E-state index contributed by atoms with van der Waals surface area (Å²) in [5.41, 5.74) is 7.94. The van der Waals surface area contributed by atoms with E-state index in [1.807, 2.05) is 30.5 Å². The van der Waals surface area contributed by atoms with Crippen LogP contribution in [-0.2, 0) is 11.2 Å². The first-order valence-electron chi connectivity index (χ1n) is 6.44. The molecule has 0 heterocycles. The molecule has 0 bridgehead atoms. The SMILES string of the molecule is CSCC[C@@H](N)C(=O)N[C@H]1c2ccccc2C[C@H]1O. The Balaban J connectivity index is 2.01. The molecule has 4 N–H and O–H groups in total. The number of aliphatic hydroxyl groups excluding tert-OH is 1. The van der Waals surface area contributed by atoms with Crippen molar-refractivity contribution in [2.24, 2.45) is 5.73 Å². The second-order valence-electron chi connectivity index (χ2n) is 4.84. The molecule has 1 aliphatic carbocycles. The topological polar surface area (TPSA) is 75.4 Å². The van der Waals surface area contributed by atoms with Crippen molar-refractivity contribution in [3.63, 3.8) is 0 Å². The highest BCUT2D eigenvalue weighted by Gasteiger charge is 2.32.